The molecule has 0 saturated heterocycles. The number of hydrazine groups is 2. The number of ether oxygens (including phenoxy) is 3. The standard InChI is InChI=1S/C29H33N7O8/c1-6-44-25(39)28-21(23(37)42-4)17(2)35(33-26(40)31-19-13-9-7-10-14-19)29(28,30)36(18(3)22(28)24(38)43-5)34-27(41)32-20-15-11-8-12-16-20/h7-16H,6,30H2,1-5H3,(H2,31,33,40)(H2,32,34,41). The second kappa shape index (κ2) is 12.3. The molecule has 2 aromatic rings. The average molecular weight is 608 g/mol. The van der Waals surface area contributed by atoms with Crippen LogP contribution in [0.25, 0.3) is 0 Å². The van der Waals surface area contributed by atoms with Gasteiger partial charge in [-0.1, -0.05) is 36.4 Å². The second-order valence-electron chi connectivity index (χ2n) is 9.64. The number of esters is 3. The Morgan fingerprint density at radius 1 is 0.727 bits per heavy atom. The minimum absolute atomic E-state index is 0.0835. The molecule has 0 bridgehead atoms. The molecule has 2 aromatic carbocycles. The van der Waals surface area contributed by atoms with E-state index < -0.39 is 52.3 Å². The minimum atomic E-state index is -2.50. The van der Waals surface area contributed by atoms with Gasteiger partial charge in [0.15, 0.2) is 5.41 Å². The minimum Gasteiger partial charge on any atom is -0.466 e. The fourth-order valence-corrected chi connectivity index (χ4v) is 5.51. The zero-order valence-electron chi connectivity index (χ0n) is 24.7. The summed E-state index contributed by atoms with van der Waals surface area (Å²) in [5, 5.41) is 7.25. The highest BCUT2D eigenvalue weighted by atomic mass is 16.5. The number of benzene rings is 2. The lowest BCUT2D eigenvalue weighted by Crippen LogP contribution is -2.76. The highest BCUT2D eigenvalue weighted by Crippen LogP contribution is 2.60. The Labute approximate surface area is 252 Å². The van der Waals surface area contributed by atoms with Crippen molar-refractivity contribution in [3.63, 3.8) is 0 Å². The number of allylic oxidation sites excluding steroid dienone is 2. The van der Waals surface area contributed by atoms with E-state index in [4.69, 9.17) is 19.9 Å². The number of amides is 4. The summed E-state index contributed by atoms with van der Waals surface area (Å²) >= 11 is 0. The lowest BCUT2D eigenvalue weighted by molar-refractivity contribution is -0.169. The van der Waals surface area contributed by atoms with Gasteiger partial charge in [0.05, 0.1) is 32.0 Å². The van der Waals surface area contributed by atoms with E-state index in [0.717, 1.165) is 24.2 Å². The Morgan fingerprint density at radius 2 is 1.11 bits per heavy atom. The van der Waals surface area contributed by atoms with Gasteiger partial charge >= 0.3 is 30.0 Å². The van der Waals surface area contributed by atoms with Crippen LogP contribution in [-0.4, -0.2) is 66.6 Å². The lowest BCUT2D eigenvalue weighted by Gasteiger charge is -2.47. The number of nitrogens with one attached hydrogen (secondary N) is 4. The maximum Gasteiger partial charge on any atom is 0.338 e. The SMILES string of the molecule is CCOC(=O)C12C(C(=O)OC)=C(C)N(NC(=O)Nc3ccccc3)C1(N)N(NC(=O)Nc1ccccc1)C(C)=C2C(=O)OC. The molecule has 0 saturated carbocycles. The predicted molar refractivity (Wildman–Crippen MR) is 156 cm³/mol. The molecule has 0 spiro atoms. The molecule has 4 amide bonds. The molecule has 0 radical (unpaired) electrons. The Kier molecular flexibility index (Phi) is 8.80. The van der Waals surface area contributed by atoms with Crippen LogP contribution >= 0.6 is 0 Å². The molecule has 4 rings (SSSR count). The molecule has 15 nitrogen and oxygen atoms in total. The van der Waals surface area contributed by atoms with Gasteiger partial charge in [0.2, 0.25) is 5.79 Å². The number of carbonyl (C=O) groups is 5. The van der Waals surface area contributed by atoms with Gasteiger partial charge in [-0.3, -0.25) is 10.5 Å². The van der Waals surface area contributed by atoms with Crippen molar-refractivity contribution in [1.29, 1.82) is 0 Å². The molecular weight excluding hydrogens is 574 g/mol. The van der Waals surface area contributed by atoms with Crippen LogP contribution in [0.2, 0.25) is 0 Å². The summed E-state index contributed by atoms with van der Waals surface area (Å²) < 4.78 is 15.5. The number of rotatable bonds is 8. The van der Waals surface area contributed by atoms with Crippen molar-refractivity contribution in [3.8, 4) is 0 Å². The summed E-state index contributed by atoms with van der Waals surface area (Å²) in [5.41, 5.74) is 9.55. The summed E-state index contributed by atoms with van der Waals surface area (Å²) in [6, 6.07) is 15.2. The van der Waals surface area contributed by atoms with Crippen LogP contribution in [0.5, 0.6) is 0 Å². The third-order valence-corrected chi connectivity index (χ3v) is 7.23. The van der Waals surface area contributed by atoms with Gasteiger partial charge in [0, 0.05) is 22.8 Å². The molecule has 0 unspecified atom stereocenters. The number of fused-ring (bicyclic) bond motifs is 1. The number of nitrogens with two attached hydrogens (primary N) is 1. The Bertz CT molecular complexity index is 1440. The summed E-state index contributed by atoms with van der Waals surface area (Å²) in [5.74, 6) is -5.68. The van der Waals surface area contributed by atoms with E-state index >= 15 is 0 Å². The van der Waals surface area contributed by atoms with Crippen LogP contribution in [-0.2, 0) is 28.6 Å². The number of carbonyl (C=O) groups excluding carboxylic acids is 5. The fraction of sp³-hybridized carbons (Fsp3) is 0.276. The number of para-hydroxylation sites is 2. The van der Waals surface area contributed by atoms with Crippen molar-refractivity contribution in [2.45, 2.75) is 26.6 Å². The zero-order chi connectivity index (χ0) is 32.2. The van der Waals surface area contributed by atoms with Crippen LogP contribution in [0.4, 0.5) is 21.0 Å². The van der Waals surface area contributed by atoms with Gasteiger partial charge in [0.25, 0.3) is 0 Å². The maximum atomic E-state index is 14.2. The number of hydrogen-bond donors (Lipinski definition) is 5. The molecule has 0 aromatic heterocycles. The normalized spacial score (nSPS) is 20.5. The van der Waals surface area contributed by atoms with E-state index in [1.807, 2.05) is 0 Å². The predicted octanol–water partition coefficient (Wildman–Crippen LogP) is 2.15. The Hall–Kier alpha value is -5.57. The van der Waals surface area contributed by atoms with Gasteiger partial charge in [-0.05, 0) is 45.0 Å². The smallest absolute Gasteiger partial charge is 0.338 e. The van der Waals surface area contributed by atoms with Crippen molar-refractivity contribution < 1.29 is 38.2 Å². The van der Waals surface area contributed by atoms with Crippen molar-refractivity contribution in [2.24, 2.45) is 11.1 Å². The first-order valence-corrected chi connectivity index (χ1v) is 13.4. The van der Waals surface area contributed by atoms with Crippen LogP contribution < -0.4 is 27.2 Å². The van der Waals surface area contributed by atoms with E-state index in [-0.39, 0.29) is 18.0 Å². The van der Waals surface area contributed by atoms with Gasteiger partial charge in [-0.25, -0.2) is 40.0 Å². The molecule has 15 heteroatoms. The zero-order valence-corrected chi connectivity index (χ0v) is 24.7. The van der Waals surface area contributed by atoms with Crippen LogP contribution in [0.3, 0.4) is 0 Å². The molecule has 2 heterocycles. The summed E-state index contributed by atoms with van der Waals surface area (Å²) in [6.45, 7) is 4.11. The molecule has 2 aliphatic rings. The highest BCUT2D eigenvalue weighted by molar-refractivity contribution is 6.11. The molecule has 0 fully saturated rings. The van der Waals surface area contributed by atoms with E-state index in [0.29, 0.717) is 11.4 Å². The van der Waals surface area contributed by atoms with Crippen LogP contribution in [0.15, 0.2) is 83.2 Å². The molecule has 2 aliphatic heterocycles. The molecule has 44 heavy (non-hydrogen) atoms. The van der Waals surface area contributed by atoms with Gasteiger partial charge in [-0.15, -0.1) is 0 Å². The average Bonchev–Trinajstić information content (AvgIpc) is 3.32. The number of methoxy groups -OCH3 is 2. The van der Waals surface area contributed by atoms with E-state index in [9.17, 15) is 24.0 Å². The quantitative estimate of drug-likeness (QED) is 0.218. The molecule has 0 atom stereocenters. The van der Waals surface area contributed by atoms with E-state index in [2.05, 4.69) is 21.5 Å². The number of urea groups is 2. The number of hydrogen-bond acceptors (Lipinski definition) is 11. The van der Waals surface area contributed by atoms with Crippen molar-refractivity contribution in [2.75, 3.05) is 31.5 Å². The summed E-state index contributed by atoms with van der Waals surface area (Å²) in [6.07, 6.45) is 0. The van der Waals surface area contributed by atoms with Gasteiger partial charge in [0.1, 0.15) is 0 Å². The van der Waals surface area contributed by atoms with Crippen LogP contribution in [0.1, 0.15) is 20.8 Å². The third kappa shape index (κ3) is 4.92. The summed E-state index contributed by atoms with van der Waals surface area (Å²) in [4.78, 5) is 67.8. The summed E-state index contributed by atoms with van der Waals surface area (Å²) in [7, 11) is 2.15. The molecule has 6 N–H and O–H groups in total. The van der Waals surface area contributed by atoms with E-state index in [1.54, 1.807) is 60.7 Å². The largest absolute Gasteiger partial charge is 0.466 e. The fourth-order valence-electron chi connectivity index (χ4n) is 5.51. The molecule has 232 valence electrons. The van der Waals surface area contributed by atoms with Gasteiger partial charge in [-0.2, -0.15) is 0 Å². The maximum absolute atomic E-state index is 14.2. The lowest BCUT2D eigenvalue weighted by atomic mass is 9.71. The van der Waals surface area contributed by atoms with Crippen molar-refractivity contribution in [1.82, 2.24) is 20.9 Å². The van der Waals surface area contributed by atoms with Crippen molar-refractivity contribution >= 4 is 41.3 Å². The monoisotopic (exact) mass is 607 g/mol. The van der Waals surface area contributed by atoms with Gasteiger partial charge < -0.3 is 24.8 Å². The highest BCUT2D eigenvalue weighted by Gasteiger charge is 2.79. The Balaban J connectivity index is 1.93. The Morgan fingerprint density at radius 3 is 1.45 bits per heavy atom. The first-order valence-electron chi connectivity index (χ1n) is 13.4. The second-order valence-corrected chi connectivity index (χ2v) is 9.64. The van der Waals surface area contributed by atoms with Crippen molar-refractivity contribution in [3.05, 3.63) is 83.2 Å². The molecular formula is C29H33N7O8. The third-order valence-electron chi connectivity index (χ3n) is 7.23. The molecule has 0 aliphatic carbocycles. The first kappa shape index (κ1) is 31.4. The number of anilines is 2. The van der Waals surface area contributed by atoms with E-state index in [1.165, 1.54) is 20.8 Å². The topological polar surface area (TPSA) is 194 Å². The first-order chi connectivity index (χ1) is 21.0. The number of nitrogens with zero attached hydrogens (tertiary/aromatic N) is 2. The van der Waals surface area contributed by atoms with Crippen LogP contribution in [0, 0.1) is 5.41 Å².